The van der Waals surface area contributed by atoms with Gasteiger partial charge in [0.05, 0.1) is 0 Å². The minimum atomic E-state index is -6.10. The fourth-order valence-corrected chi connectivity index (χ4v) is 1.87. The second-order valence-corrected chi connectivity index (χ2v) is 8.87. The zero-order valence-corrected chi connectivity index (χ0v) is 20.6. The molecule has 4 nitrogen and oxygen atoms in total. The molecule has 0 rings (SSSR count). The van der Waals surface area contributed by atoms with Gasteiger partial charge in [-0.3, -0.25) is 0 Å². The Morgan fingerprint density at radius 1 is 0.609 bits per heavy atom. The average Bonchev–Trinajstić information content (AvgIpc) is 2.48. The molecular weight excluding hydrogens is 462 g/mol. The van der Waals surface area contributed by atoms with Crippen molar-refractivity contribution >= 4 is 57.9 Å². The van der Waals surface area contributed by atoms with E-state index in [0.29, 0.717) is 0 Å². The topological polar surface area (TPSA) is 86.2 Å². The Kier molecular flexibility index (Phi) is 43.9. The second-order valence-electron chi connectivity index (χ2n) is 4.82. The van der Waals surface area contributed by atoms with Crippen LogP contribution in [0.3, 0.4) is 0 Å². The normalized spacial score (nSPS) is 9.61. The van der Waals surface area contributed by atoms with E-state index in [2.05, 4.69) is 58.7 Å². The number of hydrogen-bond donors (Lipinski definition) is 0. The van der Waals surface area contributed by atoms with Crippen LogP contribution in [-0.2, 0) is 40.9 Å². The molecule has 0 aromatic heterocycles. The van der Waals surface area contributed by atoms with Crippen molar-refractivity contribution in [1.29, 1.82) is 0 Å². The summed E-state index contributed by atoms with van der Waals surface area (Å²) in [6.07, 6.45) is 12.0. The molecule has 0 aliphatic carbocycles. The second kappa shape index (κ2) is 31.3. The number of rotatable bonds is 9. The van der Waals surface area contributed by atoms with E-state index in [1.54, 1.807) is 0 Å². The molecule has 0 N–H and O–H groups in total. The molecule has 0 aromatic rings. The molecule has 146 valence electrons. The Morgan fingerprint density at radius 2 is 0.783 bits per heavy atom. The van der Waals surface area contributed by atoms with Gasteiger partial charge in [0.25, 0.3) is 0 Å². The molecule has 23 heavy (non-hydrogen) atoms. The minimum absolute atomic E-state index is 1.16. The molecule has 0 spiro atoms. The van der Waals surface area contributed by atoms with Crippen molar-refractivity contribution < 1.29 is 13.2 Å². The summed E-state index contributed by atoms with van der Waals surface area (Å²) >= 11 is 4.08. The maximum atomic E-state index is 8.64. The zero-order valence-electron chi connectivity index (χ0n) is 15.1. The van der Waals surface area contributed by atoms with E-state index >= 15 is 0 Å². The van der Waals surface area contributed by atoms with Crippen LogP contribution in [0.4, 0.5) is 0 Å². The van der Waals surface area contributed by atoms with Crippen LogP contribution in [0.2, 0.25) is 0 Å². The molecule has 0 aliphatic heterocycles. The SMILES string of the molecule is CCCCC[SH2+].CCCCC[SH2+].CCCCC[SH2+].[O]=[Sb]([O-])([O-])[O-]. The van der Waals surface area contributed by atoms with Gasteiger partial charge in [-0.25, -0.2) is 0 Å². The summed E-state index contributed by atoms with van der Waals surface area (Å²) in [5, 5.41) is 0. The van der Waals surface area contributed by atoms with Crippen LogP contribution in [0, 0.1) is 0 Å². The Bertz CT molecular complexity index is 178. The first-order valence-corrected chi connectivity index (χ1v) is 14.7. The van der Waals surface area contributed by atoms with Gasteiger partial charge in [0.15, 0.2) is 0 Å². The molecule has 0 saturated heterocycles. The maximum absolute atomic E-state index is 8.64. The summed E-state index contributed by atoms with van der Waals surface area (Å²) < 4.78 is 34.6. The van der Waals surface area contributed by atoms with E-state index in [1.807, 2.05) is 0 Å². The fraction of sp³-hybridized carbons (Fsp3) is 1.00. The van der Waals surface area contributed by atoms with Crippen LogP contribution in [0.15, 0.2) is 0 Å². The van der Waals surface area contributed by atoms with Crippen LogP contribution in [0.1, 0.15) is 78.6 Å². The van der Waals surface area contributed by atoms with Crippen LogP contribution in [-0.4, -0.2) is 37.3 Å². The van der Waals surface area contributed by atoms with Crippen molar-refractivity contribution in [1.82, 2.24) is 0 Å². The molecule has 0 aliphatic rings. The summed E-state index contributed by atoms with van der Waals surface area (Å²) in [5.41, 5.74) is 0. The predicted molar refractivity (Wildman–Crippen MR) is 110 cm³/mol. The fourth-order valence-electron chi connectivity index (χ4n) is 1.12. The van der Waals surface area contributed by atoms with E-state index in [4.69, 9.17) is 13.2 Å². The molecule has 0 unspecified atom stereocenters. The zero-order chi connectivity index (χ0) is 19.0. The van der Waals surface area contributed by atoms with Crippen molar-refractivity contribution in [3.63, 3.8) is 0 Å². The van der Waals surface area contributed by atoms with Crippen molar-refractivity contribution in [3.05, 3.63) is 0 Å². The van der Waals surface area contributed by atoms with Gasteiger partial charge in [0, 0.05) is 0 Å². The quantitative estimate of drug-likeness (QED) is 0.242. The van der Waals surface area contributed by atoms with E-state index in [0.717, 1.165) is 17.3 Å². The van der Waals surface area contributed by atoms with Gasteiger partial charge in [0.1, 0.15) is 17.3 Å². The third-order valence-corrected chi connectivity index (χ3v) is 3.40. The molecule has 0 aromatic carbocycles. The summed E-state index contributed by atoms with van der Waals surface area (Å²) in [5.74, 6) is 3.48. The van der Waals surface area contributed by atoms with Gasteiger partial charge >= 0.3 is 33.2 Å². The summed E-state index contributed by atoms with van der Waals surface area (Å²) in [6, 6.07) is 0. The molecule has 0 fully saturated rings. The van der Waals surface area contributed by atoms with E-state index in [-0.39, 0.29) is 0 Å². The Hall–Kier alpha value is 1.55. The van der Waals surface area contributed by atoms with E-state index in [1.165, 1.54) is 57.8 Å². The summed E-state index contributed by atoms with van der Waals surface area (Å²) in [6.45, 7) is 6.63. The molecule has 0 radical (unpaired) electrons. The van der Waals surface area contributed by atoms with Crippen LogP contribution >= 0.6 is 0 Å². The standard InChI is InChI=1S/3C5H12S.4O.Sb/c3*1-2-3-4-5-6;;;;;/h3*6H,2-5H2,1H3;;;;;/q;;;;3*-1;/p+3. The average molecular weight is 501 g/mol. The van der Waals surface area contributed by atoms with Gasteiger partial charge in [-0.05, 0) is 76.4 Å². The summed E-state index contributed by atoms with van der Waals surface area (Å²) in [7, 11) is 0. The van der Waals surface area contributed by atoms with Crippen LogP contribution in [0.5, 0.6) is 0 Å². The molecule has 0 atom stereocenters. The van der Waals surface area contributed by atoms with E-state index in [9.17, 15) is 0 Å². The van der Waals surface area contributed by atoms with E-state index < -0.39 is 20.1 Å². The molecule has 0 amide bonds. The monoisotopic (exact) mass is 500 g/mol. The van der Waals surface area contributed by atoms with Gasteiger partial charge in [-0.1, -0.05) is 40.0 Å². The first kappa shape index (κ1) is 32.2. The van der Waals surface area contributed by atoms with Crippen molar-refractivity contribution in [2.45, 2.75) is 78.6 Å². The molecule has 0 bridgehead atoms. The van der Waals surface area contributed by atoms with Gasteiger partial charge in [-0.2, -0.15) is 0 Å². The third kappa shape index (κ3) is 98.3. The molecule has 0 heterocycles. The Labute approximate surface area is 166 Å². The predicted octanol–water partition coefficient (Wildman–Crippen LogP) is -0.502. The molecule has 0 saturated carbocycles. The first-order valence-electron chi connectivity index (χ1n) is 8.41. The number of hydrogen-bond acceptors (Lipinski definition) is 4. The van der Waals surface area contributed by atoms with Crippen LogP contribution < -0.4 is 10.2 Å². The molecular formula is C15H39O4S3Sb. The third-order valence-electron chi connectivity index (χ3n) is 2.34. The van der Waals surface area contributed by atoms with Gasteiger partial charge in [-0.15, -0.1) is 0 Å². The van der Waals surface area contributed by atoms with Gasteiger partial charge < -0.3 is 0 Å². The van der Waals surface area contributed by atoms with Crippen molar-refractivity contribution in [2.75, 3.05) is 17.3 Å². The van der Waals surface area contributed by atoms with Gasteiger partial charge in [0.2, 0.25) is 0 Å². The van der Waals surface area contributed by atoms with Crippen LogP contribution in [0.25, 0.3) is 0 Å². The molecule has 8 heteroatoms. The van der Waals surface area contributed by atoms with Crippen molar-refractivity contribution in [3.8, 4) is 0 Å². The Balaban J connectivity index is -0.000000105. The van der Waals surface area contributed by atoms with Crippen molar-refractivity contribution in [2.24, 2.45) is 0 Å². The summed E-state index contributed by atoms with van der Waals surface area (Å²) in [4.78, 5) is 0. The Morgan fingerprint density at radius 3 is 0.826 bits per heavy atom. The first-order chi connectivity index (χ1) is 10.7. The number of unbranched alkanes of at least 4 members (excludes halogenated alkanes) is 6.